The molecule has 7 aliphatic rings. The number of carbonyl (C=O) groups is 1. The normalized spacial score (nSPS) is 46.2. The Balaban J connectivity index is 1.25. The maximum Gasteiger partial charge on any atom is 0.330 e. The zero-order valence-electron chi connectivity index (χ0n) is 19.4. The second-order valence-electron chi connectivity index (χ2n) is 11.2. The van der Waals surface area contributed by atoms with Gasteiger partial charge in [-0.1, -0.05) is 6.58 Å². The standard InChI is InChI=1S/C25H36O8/c1-2-21(26)33-25-15-22(30-6-3-18-9-27-18)12-23(16-25,31-7-4-19-10-28-19)14-24(13-22,17-25)32-8-5-20-11-29-20/h2,18-20H,1,3-17H2. The molecule has 4 bridgehead atoms. The molecule has 7 rings (SSSR count). The minimum absolute atomic E-state index is 0.318. The Bertz CT molecular complexity index is 679. The van der Waals surface area contributed by atoms with Crippen molar-refractivity contribution in [2.75, 3.05) is 39.6 Å². The molecule has 3 saturated heterocycles. The van der Waals surface area contributed by atoms with Gasteiger partial charge in [0.05, 0.1) is 54.9 Å². The van der Waals surface area contributed by atoms with Crippen LogP contribution < -0.4 is 0 Å². The third-order valence-electron chi connectivity index (χ3n) is 8.10. The lowest BCUT2D eigenvalue weighted by molar-refractivity contribution is -0.327. The predicted octanol–water partition coefficient (Wildman–Crippen LogP) is 2.47. The van der Waals surface area contributed by atoms with Crippen molar-refractivity contribution in [2.45, 2.75) is 98.5 Å². The predicted molar refractivity (Wildman–Crippen MR) is 116 cm³/mol. The number of hydrogen-bond donors (Lipinski definition) is 0. The molecular weight excluding hydrogens is 428 g/mol. The third-order valence-corrected chi connectivity index (χ3v) is 8.10. The zero-order valence-corrected chi connectivity index (χ0v) is 19.4. The van der Waals surface area contributed by atoms with Crippen LogP contribution >= 0.6 is 0 Å². The summed E-state index contributed by atoms with van der Waals surface area (Å²) >= 11 is 0. The van der Waals surface area contributed by atoms with E-state index in [0.717, 1.165) is 58.3 Å². The summed E-state index contributed by atoms with van der Waals surface area (Å²) in [5, 5.41) is 0. The lowest BCUT2D eigenvalue weighted by Crippen LogP contribution is -2.74. The van der Waals surface area contributed by atoms with Crippen LogP contribution in [0.1, 0.15) is 57.8 Å². The van der Waals surface area contributed by atoms with Crippen molar-refractivity contribution in [3.05, 3.63) is 12.7 Å². The first-order valence-corrected chi connectivity index (χ1v) is 12.6. The van der Waals surface area contributed by atoms with Gasteiger partial charge in [-0.05, 0) is 19.3 Å². The molecule has 4 saturated carbocycles. The Hall–Kier alpha value is -1.03. The number of ether oxygens (including phenoxy) is 7. The van der Waals surface area contributed by atoms with Crippen molar-refractivity contribution < 1.29 is 38.0 Å². The molecule has 7 fully saturated rings. The molecule has 8 nitrogen and oxygen atoms in total. The molecule has 0 spiro atoms. The number of rotatable bonds is 14. The van der Waals surface area contributed by atoms with E-state index in [1.807, 2.05) is 0 Å². The number of epoxide rings is 3. The Morgan fingerprint density at radius 2 is 1.03 bits per heavy atom. The lowest BCUT2D eigenvalue weighted by Gasteiger charge is -2.68. The minimum Gasteiger partial charge on any atom is -0.456 e. The molecule has 33 heavy (non-hydrogen) atoms. The van der Waals surface area contributed by atoms with Crippen LogP contribution in [-0.4, -0.2) is 86.3 Å². The Kier molecular flexibility index (Phi) is 5.63. The van der Waals surface area contributed by atoms with Crippen LogP contribution in [0.5, 0.6) is 0 Å². The number of hydrogen-bond acceptors (Lipinski definition) is 8. The van der Waals surface area contributed by atoms with Crippen LogP contribution in [0.15, 0.2) is 12.7 Å². The van der Waals surface area contributed by atoms with E-state index in [1.54, 1.807) is 0 Å². The van der Waals surface area contributed by atoms with E-state index in [1.165, 1.54) is 6.08 Å². The summed E-state index contributed by atoms with van der Waals surface area (Å²) in [5.41, 5.74) is -1.96. The second kappa shape index (κ2) is 8.28. The maximum atomic E-state index is 12.4. The monoisotopic (exact) mass is 464 g/mol. The molecule has 4 aliphatic carbocycles. The van der Waals surface area contributed by atoms with Gasteiger partial charge in [0.2, 0.25) is 0 Å². The van der Waals surface area contributed by atoms with E-state index in [4.69, 9.17) is 33.2 Å². The van der Waals surface area contributed by atoms with Gasteiger partial charge < -0.3 is 33.2 Å². The van der Waals surface area contributed by atoms with Gasteiger partial charge in [-0.2, -0.15) is 0 Å². The van der Waals surface area contributed by atoms with Crippen molar-refractivity contribution in [3.8, 4) is 0 Å². The minimum atomic E-state index is -0.664. The summed E-state index contributed by atoms with van der Waals surface area (Å²) < 4.78 is 42.2. The summed E-state index contributed by atoms with van der Waals surface area (Å²) in [7, 11) is 0. The van der Waals surface area contributed by atoms with Gasteiger partial charge in [0.15, 0.2) is 0 Å². The summed E-state index contributed by atoms with van der Waals surface area (Å²) in [6.07, 6.45) is 9.34. The summed E-state index contributed by atoms with van der Waals surface area (Å²) in [5.74, 6) is -0.387. The highest BCUT2D eigenvalue weighted by molar-refractivity contribution is 5.81. The lowest BCUT2D eigenvalue weighted by atomic mass is 9.48. The molecule has 0 N–H and O–H groups in total. The average Bonchev–Trinajstić information content (AvgIpc) is 3.56. The summed E-state index contributed by atoms with van der Waals surface area (Å²) in [6.45, 7) is 8.00. The highest BCUT2D eigenvalue weighted by atomic mass is 16.6. The molecule has 8 heteroatoms. The fraction of sp³-hybridized carbons (Fsp3) is 0.880. The van der Waals surface area contributed by atoms with Crippen LogP contribution in [0.4, 0.5) is 0 Å². The first-order chi connectivity index (χ1) is 15.9. The molecule has 0 amide bonds. The number of esters is 1. The van der Waals surface area contributed by atoms with E-state index in [9.17, 15) is 4.79 Å². The van der Waals surface area contributed by atoms with Crippen LogP contribution in [0.25, 0.3) is 0 Å². The fourth-order valence-corrected chi connectivity index (χ4v) is 7.02. The van der Waals surface area contributed by atoms with Gasteiger partial charge in [0, 0.05) is 64.4 Å². The molecule has 0 aromatic heterocycles. The first-order valence-electron chi connectivity index (χ1n) is 12.6. The van der Waals surface area contributed by atoms with Gasteiger partial charge in [-0.25, -0.2) is 4.79 Å². The van der Waals surface area contributed by atoms with E-state index in [-0.39, 0.29) is 5.97 Å². The van der Waals surface area contributed by atoms with Gasteiger partial charge in [-0.15, -0.1) is 0 Å². The van der Waals surface area contributed by atoms with E-state index >= 15 is 0 Å². The van der Waals surface area contributed by atoms with Crippen LogP contribution in [-0.2, 0) is 38.0 Å². The van der Waals surface area contributed by atoms with Crippen molar-refractivity contribution in [3.63, 3.8) is 0 Å². The van der Waals surface area contributed by atoms with Crippen LogP contribution in [0, 0.1) is 0 Å². The third kappa shape index (κ3) is 5.02. The molecule has 3 atom stereocenters. The molecular formula is C25H36O8. The summed E-state index contributed by atoms with van der Waals surface area (Å²) in [6, 6.07) is 0. The van der Waals surface area contributed by atoms with Crippen LogP contribution in [0.3, 0.4) is 0 Å². The highest BCUT2D eigenvalue weighted by Crippen LogP contribution is 2.65. The van der Waals surface area contributed by atoms with Crippen molar-refractivity contribution in [1.82, 2.24) is 0 Å². The largest absolute Gasteiger partial charge is 0.456 e. The molecule has 3 aliphatic heterocycles. The summed E-state index contributed by atoms with van der Waals surface area (Å²) in [4.78, 5) is 12.4. The van der Waals surface area contributed by atoms with Crippen molar-refractivity contribution >= 4 is 5.97 Å². The Morgan fingerprint density at radius 3 is 1.33 bits per heavy atom. The average molecular weight is 465 g/mol. The fourth-order valence-electron chi connectivity index (χ4n) is 7.02. The molecule has 184 valence electrons. The quantitative estimate of drug-likeness (QED) is 0.220. The maximum absolute atomic E-state index is 12.4. The SMILES string of the molecule is C=CC(=O)OC12CC3(OCCC4CO4)CC(OCCC4CO4)(CC(OCCC4CO4)(C3)C1)C2. The van der Waals surface area contributed by atoms with Gasteiger partial charge in [-0.3, -0.25) is 0 Å². The van der Waals surface area contributed by atoms with Gasteiger partial charge in [0.25, 0.3) is 0 Å². The van der Waals surface area contributed by atoms with Crippen molar-refractivity contribution in [1.29, 1.82) is 0 Å². The number of carbonyl (C=O) groups excluding carboxylic acids is 1. The highest BCUT2D eigenvalue weighted by Gasteiger charge is 2.71. The van der Waals surface area contributed by atoms with E-state index in [2.05, 4.69) is 6.58 Å². The van der Waals surface area contributed by atoms with Gasteiger partial charge in [0.1, 0.15) is 5.60 Å². The molecule has 0 aromatic rings. The van der Waals surface area contributed by atoms with Gasteiger partial charge >= 0.3 is 5.97 Å². The molecule has 3 heterocycles. The smallest absolute Gasteiger partial charge is 0.330 e. The topological polar surface area (TPSA) is 91.6 Å². The van der Waals surface area contributed by atoms with E-state index < -0.39 is 22.4 Å². The zero-order chi connectivity index (χ0) is 22.6. The van der Waals surface area contributed by atoms with Crippen LogP contribution in [0.2, 0.25) is 0 Å². The molecule has 3 unspecified atom stereocenters. The first kappa shape index (κ1) is 22.4. The Labute approximate surface area is 195 Å². The molecule has 0 radical (unpaired) electrons. The Morgan fingerprint density at radius 1 is 0.697 bits per heavy atom. The van der Waals surface area contributed by atoms with Crippen molar-refractivity contribution in [2.24, 2.45) is 0 Å². The molecule has 0 aromatic carbocycles. The second-order valence-corrected chi connectivity index (χ2v) is 11.2. The van der Waals surface area contributed by atoms with E-state index in [0.29, 0.717) is 57.4 Å².